The minimum Gasteiger partial charge on any atom is -0.366 e. The van der Waals surface area contributed by atoms with Crippen LogP contribution in [0.3, 0.4) is 0 Å². The second-order valence-corrected chi connectivity index (χ2v) is 9.02. The minimum absolute atomic E-state index is 0.00535. The second kappa shape index (κ2) is 8.22. The number of hydrogen-bond donors (Lipinski definition) is 0. The number of anilines is 2. The number of benzene rings is 2. The number of fused-ring (bicyclic) bond motifs is 1. The van der Waals surface area contributed by atoms with Gasteiger partial charge in [-0.2, -0.15) is 0 Å². The number of aromatic nitrogens is 1. The quantitative estimate of drug-likeness (QED) is 0.637. The van der Waals surface area contributed by atoms with Gasteiger partial charge in [0, 0.05) is 39.3 Å². The molecule has 2 saturated heterocycles. The van der Waals surface area contributed by atoms with Gasteiger partial charge in [-0.15, -0.1) is 0 Å². The molecule has 7 heteroatoms. The Bertz CT molecular complexity index is 1010. The Balaban J connectivity index is 1.22. The number of hydrogen-bond acceptors (Lipinski definition) is 5. The predicted octanol–water partition coefficient (Wildman–Crippen LogP) is 4.00. The van der Waals surface area contributed by atoms with Gasteiger partial charge in [0.1, 0.15) is 5.82 Å². The number of rotatable bonds is 3. The molecule has 2 aromatic carbocycles. The number of amides is 1. The topological polar surface area (TPSA) is 39.7 Å². The molecule has 0 spiro atoms. The molecular formula is C23H25FN4OS. The van der Waals surface area contributed by atoms with Crippen LogP contribution in [0.15, 0.2) is 48.5 Å². The summed E-state index contributed by atoms with van der Waals surface area (Å²) in [5, 5.41) is 1.01. The Kier molecular flexibility index (Phi) is 5.29. The van der Waals surface area contributed by atoms with E-state index < -0.39 is 0 Å². The molecule has 30 heavy (non-hydrogen) atoms. The smallest absolute Gasteiger partial charge is 0.227 e. The number of carbonyl (C=O) groups excluding carboxylic acids is 1. The Morgan fingerprint density at radius 3 is 2.53 bits per heavy atom. The van der Waals surface area contributed by atoms with E-state index in [1.165, 1.54) is 10.8 Å². The van der Waals surface area contributed by atoms with E-state index in [9.17, 15) is 9.18 Å². The van der Waals surface area contributed by atoms with E-state index in [2.05, 4.69) is 11.0 Å². The van der Waals surface area contributed by atoms with Crippen molar-refractivity contribution < 1.29 is 9.18 Å². The van der Waals surface area contributed by atoms with E-state index in [4.69, 9.17) is 4.98 Å². The van der Waals surface area contributed by atoms with Crippen molar-refractivity contribution in [2.45, 2.75) is 12.8 Å². The fraction of sp³-hybridized carbons (Fsp3) is 0.391. The number of carbonyl (C=O) groups is 1. The van der Waals surface area contributed by atoms with Crippen molar-refractivity contribution in [2.24, 2.45) is 5.92 Å². The zero-order valence-corrected chi connectivity index (χ0v) is 17.7. The van der Waals surface area contributed by atoms with Crippen molar-refractivity contribution in [3.8, 4) is 0 Å². The van der Waals surface area contributed by atoms with Gasteiger partial charge in [-0.05, 0) is 37.1 Å². The molecular weight excluding hydrogens is 399 g/mol. The third-order valence-corrected chi connectivity index (χ3v) is 7.21. The third-order valence-electron chi connectivity index (χ3n) is 6.11. The largest absolute Gasteiger partial charge is 0.366 e. The molecule has 0 bridgehead atoms. The summed E-state index contributed by atoms with van der Waals surface area (Å²) >= 11 is 1.70. The molecule has 1 amide bonds. The number of nitrogens with zero attached hydrogens (tertiary/aromatic N) is 4. The van der Waals surface area contributed by atoms with Crippen LogP contribution in [0.1, 0.15) is 12.8 Å². The average Bonchev–Trinajstić information content (AvgIpc) is 3.24. The molecule has 2 fully saturated rings. The minimum atomic E-state index is -0.198. The van der Waals surface area contributed by atoms with Crippen molar-refractivity contribution in [1.82, 2.24) is 9.88 Å². The summed E-state index contributed by atoms with van der Waals surface area (Å²) in [6.07, 6.45) is 1.93. The molecule has 0 saturated carbocycles. The highest BCUT2D eigenvalue weighted by atomic mass is 32.1. The van der Waals surface area contributed by atoms with Crippen LogP contribution in [0, 0.1) is 11.7 Å². The number of piperidine rings is 1. The summed E-state index contributed by atoms with van der Waals surface area (Å²) in [5.41, 5.74) is 1.65. The van der Waals surface area contributed by atoms with Crippen molar-refractivity contribution >= 4 is 38.3 Å². The molecule has 2 aliphatic heterocycles. The molecule has 5 nitrogen and oxygen atoms in total. The van der Waals surface area contributed by atoms with Gasteiger partial charge in [-0.1, -0.05) is 35.6 Å². The number of piperazine rings is 1. The van der Waals surface area contributed by atoms with Crippen LogP contribution in [-0.4, -0.2) is 55.1 Å². The Hall–Kier alpha value is -2.67. The molecule has 156 valence electrons. The number of halogens is 1. The standard InChI is InChI=1S/C23H25FN4OS/c24-18-7-1-3-9-20(18)26-12-14-27(15-13-26)22(29)17-6-5-11-28(16-17)23-25-19-8-2-4-10-21(19)30-23/h1-4,7-10,17H,5-6,11-16H2. The normalized spacial score (nSPS) is 20.0. The lowest BCUT2D eigenvalue weighted by atomic mass is 9.96. The lowest BCUT2D eigenvalue weighted by molar-refractivity contribution is -0.136. The van der Waals surface area contributed by atoms with Crippen molar-refractivity contribution in [1.29, 1.82) is 0 Å². The summed E-state index contributed by atoms with van der Waals surface area (Å²) in [5.74, 6) is 0.0378. The van der Waals surface area contributed by atoms with Gasteiger partial charge in [0.05, 0.1) is 21.8 Å². The Morgan fingerprint density at radius 2 is 1.73 bits per heavy atom. The van der Waals surface area contributed by atoms with Gasteiger partial charge in [0.15, 0.2) is 5.13 Å². The van der Waals surface area contributed by atoms with Gasteiger partial charge in [-0.25, -0.2) is 9.37 Å². The van der Waals surface area contributed by atoms with Crippen molar-refractivity contribution in [3.05, 3.63) is 54.3 Å². The van der Waals surface area contributed by atoms with Crippen LogP contribution in [0.4, 0.5) is 15.2 Å². The van der Waals surface area contributed by atoms with Crippen LogP contribution in [-0.2, 0) is 4.79 Å². The zero-order valence-electron chi connectivity index (χ0n) is 16.8. The van der Waals surface area contributed by atoms with Crippen molar-refractivity contribution in [2.75, 3.05) is 49.1 Å². The zero-order chi connectivity index (χ0) is 20.5. The van der Waals surface area contributed by atoms with Gasteiger partial charge in [0.2, 0.25) is 5.91 Å². The van der Waals surface area contributed by atoms with E-state index in [0.717, 1.165) is 36.6 Å². The lowest BCUT2D eigenvalue weighted by Crippen LogP contribution is -2.52. The third kappa shape index (κ3) is 3.74. The van der Waals surface area contributed by atoms with Gasteiger partial charge >= 0.3 is 0 Å². The maximum Gasteiger partial charge on any atom is 0.227 e. The maximum atomic E-state index is 14.1. The van der Waals surface area contributed by atoms with Gasteiger partial charge in [0.25, 0.3) is 0 Å². The highest BCUT2D eigenvalue weighted by Gasteiger charge is 2.32. The molecule has 5 rings (SSSR count). The number of thiazole rings is 1. The second-order valence-electron chi connectivity index (χ2n) is 8.01. The maximum absolute atomic E-state index is 14.1. The predicted molar refractivity (Wildman–Crippen MR) is 120 cm³/mol. The average molecular weight is 425 g/mol. The molecule has 0 aliphatic carbocycles. The van der Waals surface area contributed by atoms with Gasteiger partial charge < -0.3 is 14.7 Å². The molecule has 0 N–H and O–H groups in total. The molecule has 2 aliphatic rings. The number of para-hydroxylation sites is 2. The Labute approximate surface area is 179 Å². The monoisotopic (exact) mass is 424 g/mol. The molecule has 1 aromatic heterocycles. The van der Waals surface area contributed by atoms with Crippen LogP contribution >= 0.6 is 11.3 Å². The fourth-order valence-corrected chi connectivity index (χ4v) is 5.48. The summed E-state index contributed by atoms with van der Waals surface area (Å²) in [6, 6.07) is 15.0. The van der Waals surface area contributed by atoms with E-state index >= 15 is 0 Å². The van der Waals surface area contributed by atoms with Crippen LogP contribution in [0.5, 0.6) is 0 Å². The highest BCUT2D eigenvalue weighted by Crippen LogP contribution is 2.32. The summed E-state index contributed by atoms with van der Waals surface area (Å²) in [7, 11) is 0. The first-order chi connectivity index (χ1) is 14.7. The molecule has 0 radical (unpaired) electrons. The SMILES string of the molecule is O=C(C1CCCN(c2nc3ccccc3s2)C1)N1CCN(c2ccccc2F)CC1. The summed E-state index contributed by atoms with van der Waals surface area (Å²) in [4.78, 5) is 24.2. The van der Waals surface area contributed by atoms with E-state index in [0.29, 0.717) is 31.9 Å². The van der Waals surface area contributed by atoms with Gasteiger partial charge in [-0.3, -0.25) is 4.79 Å². The van der Waals surface area contributed by atoms with E-state index in [1.807, 2.05) is 40.1 Å². The lowest BCUT2D eigenvalue weighted by Gasteiger charge is -2.39. The molecule has 1 unspecified atom stereocenters. The summed E-state index contributed by atoms with van der Waals surface area (Å²) in [6.45, 7) is 4.30. The highest BCUT2D eigenvalue weighted by molar-refractivity contribution is 7.22. The molecule has 1 atom stereocenters. The van der Waals surface area contributed by atoms with Crippen LogP contribution in [0.25, 0.3) is 10.2 Å². The van der Waals surface area contributed by atoms with Crippen LogP contribution in [0.2, 0.25) is 0 Å². The Morgan fingerprint density at radius 1 is 0.967 bits per heavy atom. The molecule has 3 heterocycles. The first-order valence-electron chi connectivity index (χ1n) is 10.6. The first kappa shape index (κ1) is 19.3. The van der Waals surface area contributed by atoms with Crippen LogP contribution < -0.4 is 9.80 Å². The molecule has 3 aromatic rings. The summed E-state index contributed by atoms with van der Waals surface area (Å²) < 4.78 is 15.3. The van der Waals surface area contributed by atoms with E-state index in [-0.39, 0.29) is 17.6 Å². The van der Waals surface area contributed by atoms with E-state index in [1.54, 1.807) is 17.4 Å². The fourth-order valence-electron chi connectivity index (χ4n) is 4.48. The first-order valence-corrected chi connectivity index (χ1v) is 11.4. The van der Waals surface area contributed by atoms with Crippen molar-refractivity contribution in [3.63, 3.8) is 0 Å².